The molecule has 0 saturated carbocycles. The van der Waals surface area contributed by atoms with Crippen LogP contribution in [0.25, 0.3) is 0 Å². The lowest BCUT2D eigenvalue weighted by Gasteiger charge is -2.33. The van der Waals surface area contributed by atoms with E-state index in [2.05, 4.69) is 4.90 Å². The van der Waals surface area contributed by atoms with Gasteiger partial charge in [-0.1, -0.05) is 0 Å². The van der Waals surface area contributed by atoms with Crippen molar-refractivity contribution in [2.24, 2.45) is 5.92 Å². The quantitative estimate of drug-likeness (QED) is 0.795. The monoisotopic (exact) mass is 276 g/mol. The zero-order valence-corrected chi connectivity index (χ0v) is 12.1. The van der Waals surface area contributed by atoms with Crippen LogP contribution in [0.1, 0.15) is 26.2 Å². The lowest BCUT2D eigenvalue weighted by molar-refractivity contribution is 0.0649. The van der Waals surface area contributed by atoms with Crippen LogP contribution >= 0.6 is 0 Å². The molecule has 2 rings (SSSR count). The van der Waals surface area contributed by atoms with Crippen molar-refractivity contribution in [2.75, 3.05) is 39.0 Å². The summed E-state index contributed by atoms with van der Waals surface area (Å²) in [5, 5.41) is 9.93. The first-order valence-electron chi connectivity index (χ1n) is 6.66. The van der Waals surface area contributed by atoms with E-state index in [1.54, 1.807) is 4.31 Å². The van der Waals surface area contributed by atoms with Gasteiger partial charge >= 0.3 is 0 Å². The molecule has 2 unspecified atom stereocenters. The van der Waals surface area contributed by atoms with Crippen LogP contribution in [0.3, 0.4) is 0 Å². The number of β-amino-alcohol motifs (C(OH)–C–C–N with tert-alkyl or cyclic N) is 1. The molecule has 2 atom stereocenters. The summed E-state index contributed by atoms with van der Waals surface area (Å²) >= 11 is 0. The maximum atomic E-state index is 11.5. The maximum absolute atomic E-state index is 11.5. The summed E-state index contributed by atoms with van der Waals surface area (Å²) in [4.78, 5) is 2.26. The molecule has 18 heavy (non-hydrogen) atoms. The van der Waals surface area contributed by atoms with E-state index in [1.165, 1.54) is 6.26 Å². The van der Waals surface area contributed by atoms with Gasteiger partial charge in [0.25, 0.3) is 0 Å². The smallest absolute Gasteiger partial charge is 0.211 e. The molecule has 0 amide bonds. The molecule has 106 valence electrons. The van der Waals surface area contributed by atoms with Crippen molar-refractivity contribution < 1.29 is 13.5 Å². The second kappa shape index (κ2) is 5.07. The molecule has 2 aliphatic heterocycles. The van der Waals surface area contributed by atoms with Crippen LogP contribution in [0.5, 0.6) is 0 Å². The fourth-order valence-electron chi connectivity index (χ4n) is 3.04. The average Bonchev–Trinajstić information content (AvgIpc) is 2.57. The molecule has 5 nitrogen and oxygen atoms in total. The van der Waals surface area contributed by atoms with Gasteiger partial charge in [-0.2, -0.15) is 0 Å². The van der Waals surface area contributed by atoms with Crippen molar-refractivity contribution in [3.63, 3.8) is 0 Å². The largest absolute Gasteiger partial charge is 0.389 e. The second-order valence-electron chi connectivity index (χ2n) is 6.11. The van der Waals surface area contributed by atoms with Gasteiger partial charge in [-0.05, 0) is 32.1 Å². The van der Waals surface area contributed by atoms with Crippen LogP contribution in [-0.4, -0.2) is 67.3 Å². The first-order chi connectivity index (χ1) is 8.26. The molecule has 6 heteroatoms. The Morgan fingerprint density at radius 1 is 1.39 bits per heavy atom. The van der Waals surface area contributed by atoms with Gasteiger partial charge in [0.2, 0.25) is 10.0 Å². The van der Waals surface area contributed by atoms with Gasteiger partial charge in [-0.25, -0.2) is 12.7 Å². The predicted molar refractivity (Wildman–Crippen MR) is 70.8 cm³/mol. The molecule has 2 saturated heterocycles. The van der Waals surface area contributed by atoms with E-state index in [1.807, 2.05) is 6.92 Å². The lowest BCUT2D eigenvalue weighted by Crippen LogP contribution is -2.43. The molecule has 0 aromatic heterocycles. The Hall–Kier alpha value is -0.170. The van der Waals surface area contributed by atoms with Crippen LogP contribution in [0, 0.1) is 5.92 Å². The van der Waals surface area contributed by atoms with E-state index >= 15 is 0 Å². The van der Waals surface area contributed by atoms with Gasteiger partial charge in [0.15, 0.2) is 0 Å². The molecule has 0 bridgehead atoms. The second-order valence-corrected chi connectivity index (χ2v) is 8.09. The Morgan fingerprint density at radius 2 is 2.11 bits per heavy atom. The molecular formula is C12H24N2O3S. The molecule has 0 aromatic carbocycles. The van der Waals surface area contributed by atoms with Crippen molar-refractivity contribution in [2.45, 2.75) is 31.8 Å². The van der Waals surface area contributed by atoms with E-state index < -0.39 is 15.6 Å². The first-order valence-corrected chi connectivity index (χ1v) is 8.51. The van der Waals surface area contributed by atoms with Gasteiger partial charge in [-0.15, -0.1) is 0 Å². The third-order valence-corrected chi connectivity index (χ3v) is 5.27. The molecule has 0 aliphatic carbocycles. The van der Waals surface area contributed by atoms with Crippen LogP contribution in [0.4, 0.5) is 0 Å². The highest BCUT2D eigenvalue weighted by molar-refractivity contribution is 7.88. The van der Waals surface area contributed by atoms with Gasteiger partial charge < -0.3 is 10.0 Å². The Bertz CT molecular complexity index is 394. The number of rotatable bonds is 3. The fourth-order valence-corrected chi connectivity index (χ4v) is 3.98. The Kier molecular flexibility index (Phi) is 4.02. The zero-order chi connectivity index (χ0) is 13.4. The summed E-state index contributed by atoms with van der Waals surface area (Å²) in [6.45, 7) is 5.70. The van der Waals surface area contributed by atoms with Gasteiger partial charge in [-0.3, -0.25) is 0 Å². The third kappa shape index (κ3) is 3.66. The molecule has 0 spiro atoms. The van der Waals surface area contributed by atoms with Gasteiger partial charge in [0.05, 0.1) is 11.9 Å². The molecule has 0 radical (unpaired) electrons. The summed E-state index contributed by atoms with van der Waals surface area (Å²) in [5.74, 6) is 0.405. The summed E-state index contributed by atoms with van der Waals surface area (Å²) in [6.07, 6.45) is 4.14. The highest BCUT2D eigenvalue weighted by Gasteiger charge is 2.34. The minimum atomic E-state index is -3.05. The minimum Gasteiger partial charge on any atom is -0.389 e. The van der Waals surface area contributed by atoms with Gasteiger partial charge in [0, 0.05) is 32.7 Å². The molecular weight excluding hydrogens is 252 g/mol. The van der Waals surface area contributed by atoms with E-state index in [-0.39, 0.29) is 0 Å². The highest BCUT2D eigenvalue weighted by Crippen LogP contribution is 2.24. The van der Waals surface area contributed by atoms with Crippen LogP contribution in [0.2, 0.25) is 0 Å². The van der Waals surface area contributed by atoms with Crippen LogP contribution in [-0.2, 0) is 10.0 Å². The Balaban J connectivity index is 1.87. The first kappa shape index (κ1) is 14.2. The topological polar surface area (TPSA) is 60.9 Å². The number of likely N-dealkylation sites (tertiary alicyclic amines) is 1. The van der Waals surface area contributed by atoms with Crippen LogP contribution < -0.4 is 0 Å². The van der Waals surface area contributed by atoms with Crippen molar-refractivity contribution in [1.82, 2.24) is 9.21 Å². The molecule has 1 N–H and O–H groups in total. The van der Waals surface area contributed by atoms with Gasteiger partial charge in [0.1, 0.15) is 0 Å². The molecule has 0 aromatic rings. The highest BCUT2D eigenvalue weighted by atomic mass is 32.2. The van der Waals surface area contributed by atoms with Crippen molar-refractivity contribution in [3.8, 4) is 0 Å². The number of nitrogens with zero attached hydrogens (tertiary/aromatic N) is 2. The summed E-state index contributed by atoms with van der Waals surface area (Å²) in [5.41, 5.74) is -0.564. The SMILES string of the molecule is CC1(O)CCN(CC2CCCN(S(C)(=O)=O)C2)C1. The lowest BCUT2D eigenvalue weighted by atomic mass is 9.99. The number of aliphatic hydroxyl groups is 1. The van der Waals surface area contributed by atoms with E-state index in [4.69, 9.17) is 0 Å². The molecule has 2 fully saturated rings. The number of hydrogen-bond acceptors (Lipinski definition) is 4. The van der Waals surface area contributed by atoms with Crippen LogP contribution in [0.15, 0.2) is 0 Å². The van der Waals surface area contributed by atoms with E-state index in [0.717, 1.165) is 32.4 Å². The number of hydrogen-bond donors (Lipinski definition) is 1. The minimum absolute atomic E-state index is 0.405. The van der Waals surface area contributed by atoms with Crippen molar-refractivity contribution >= 4 is 10.0 Å². The van der Waals surface area contributed by atoms with E-state index in [9.17, 15) is 13.5 Å². The Labute approximate surface area is 110 Å². The summed E-state index contributed by atoms with van der Waals surface area (Å²) in [7, 11) is -3.05. The third-order valence-electron chi connectivity index (χ3n) is 4.00. The standard InChI is InChI=1S/C12H24N2O3S/c1-12(15)5-7-13(10-12)8-11-4-3-6-14(9-11)18(2,16)17/h11,15H,3-10H2,1-2H3. The Morgan fingerprint density at radius 3 is 2.67 bits per heavy atom. The number of piperidine rings is 1. The predicted octanol–water partition coefficient (Wildman–Crippen LogP) is 0.115. The maximum Gasteiger partial charge on any atom is 0.211 e. The zero-order valence-electron chi connectivity index (χ0n) is 11.3. The fraction of sp³-hybridized carbons (Fsp3) is 1.00. The normalized spacial score (nSPS) is 36.1. The van der Waals surface area contributed by atoms with Crippen molar-refractivity contribution in [1.29, 1.82) is 0 Å². The van der Waals surface area contributed by atoms with Crippen molar-refractivity contribution in [3.05, 3.63) is 0 Å². The van der Waals surface area contributed by atoms with E-state index in [0.29, 0.717) is 25.6 Å². The number of sulfonamides is 1. The summed E-state index contributed by atoms with van der Waals surface area (Å²) in [6, 6.07) is 0. The molecule has 2 aliphatic rings. The summed E-state index contributed by atoms with van der Waals surface area (Å²) < 4.78 is 24.7. The average molecular weight is 276 g/mol. The molecule has 2 heterocycles.